The molecule has 2 aromatic carbocycles. The lowest BCUT2D eigenvalue weighted by Gasteiger charge is -2.29. The smallest absolute Gasteiger partial charge is 0.230 e. The van der Waals surface area contributed by atoms with E-state index in [4.69, 9.17) is 5.73 Å². The molecule has 2 aliphatic carbocycles. The second-order valence-electron chi connectivity index (χ2n) is 9.82. The molecule has 2 fully saturated rings. The predicted molar refractivity (Wildman–Crippen MR) is 130 cm³/mol. The van der Waals surface area contributed by atoms with E-state index in [2.05, 4.69) is 62.4 Å². The van der Waals surface area contributed by atoms with Crippen LogP contribution in [0.1, 0.15) is 58.8 Å². The highest BCUT2D eigenvalue weighted by Gasteiger charge is 2.49. The minimum Gasteiger partial charge on any atom is -0.326 e. The molecular weight excluding hydrogens is 380 g/mol. The molecule has 0 bridgehead atoms. The molecule has 0 heterocycles. The van der Waals surface area contributed by atoms with Gasteiger partial charge in [-0.2, -0.15) is 0 Å². The number of nitrogens with zero attached hydrogens (tertiary/aromatic N) is 1. The summed E-state index contributed by atoms with van der Waals surface area (Å²) in [6.45, 7) is 4.96. The number of carbonyl (C=O) groups excluding carboxylic acids is 1. The maximum atomic E-state index is 13.6. The van der Waals surface area contributed by atoms with Gasteiger partial charge in [-0.1, -0.05) is 94.8 Å². The monoisotopic (exact) mass is 418 g/mol. The Labute approximate surface area is 188 Å². The third-order valence-corrected chi connectivity index (χ3v) is 7.73. The third kappa shape index (κ3) is 5.20. The van der Waals surface area contributed by atoms with Gasteiger partial charge in [-0.15, -0.1) is 0 Å². The van der Waals surface area contributed by atoms with Crippen molar-refractivity contribution in [1.29, 1.82) is 0 Å². The predicted octanol–water partition coefficient (Wildman–Crippen LogP) is 6.28. The van der Waals surface area contributed by atoms with Gasteiger partial charge >= 0.3 is 0 Å². The van der Waals surface area contributed by atoms with Crippen molar-refractivity contribution < 1.29 is 4.79 Å². The Balaban J connectivity index is 1.52. The maximum absolute atomic E-state index is 13.6. The lowest BCUT2D eigenvalue weighted by atomic mass is 9.85. The summed E-state index contributed by atoms with van der Waals surface area (Å²) in [5.74, 6) is 2.24. The van der Waals surface area contributed by atoms with E-state index in [1.165, 1.54) is 43.2 Å². The SMILES string of the molecule is CC[C@H](C)[C@H](N)CN(C(=O)[C@@H]1C[C@H]1C1CCCCC1)c1ccc(-c2ccccc2)cc1. The Kier molecular flexibility index (Phi) is 7.12. The molecule has 3 heteroatoms. The van der Waals surface area contributed by atoms with Crippen molar-refractivity contribution in [3.05, 3.63) is 54.6 Å². The zero-order valence-electron chi connectivity index (χ0n) is 19.2. The molecule has 4 atom stereocenters. The van der Waals surface area contributed by atoms with Crippen LogP contribution < -0.4 is 10.6 Å². The highest BCUT2D eigenvalue weighted by atomic mass is 16.2. The van der Waals surface area contributed by atoms with Crippen LogP contribution in [0.3, 0.4) is 0 Å². The van der Waals surface area contributed by atoms with Gasteiger partial charge in [0.15, 0.2) is 0 Å². The number of carbonyl (C=O) groups is 1. The number of rotatable bonds is 8. The van der Waals surface area contributed by atoms with Crippen LogP contribution in [0.2, 0.25) is 0 Å². The van der Waals surface area contributed by atoms with Gasteiger partial charge in [0.2, 0.25) is 5.91 Å². The first kappa shape index (κ1) is 22.1. The van der Waals surface area contributed by atoms with Gasteiger partial charge in [0.1, 0.15) is 0 Å². The van der Waals surface area contributed by atoms with Gasteiger partial charge in [-0.3, -0.25) is 4.79 Å². The molecule has 2 aliphatic rings. The van der Waals surface area contributed by atoms with Crippen molar-refractivity contribution >= 4 is 11.6 Å². The van der Waals surface area contributed by atoms with Gasteiger partial charge in [-0.25, -0.2) is 0 Å². The normalized spacial score (nSPS) is 23.2. The van der Waals surface area contributed by atoms with Crippen molar-refractivity contribution in [1.82, 2.24) is 0 Å². The van der Waals surface area contributed by atoms with E-state index in [1.54, 1.807) is 0 Å². The lowest BCUT2D eigenvalue weighted by Crippen LogP contribution is -2.45. The maximum Gasteiger partial charge on any atom is 0.230 e. The Morgan fingerprint density at radius 2 is 1.65 bits per heavy atom. The van der Waals surface area contributed by atoms with E-state index >= 15 is 0 Å². The molecule has 3 nitrogen and oxygen atoms in total. The molecule has 0 unspecified atom stereocenters. The molecule has 0 aromatic heterocycles. The largest absolute Gasteiger partial charge is 0.326 e. The van der Waals surface area contributed by atoms with Crippen LogP contribution >= 0.6 is 0 Å². The van der Waals surface area contributed by atoms with Crippen molar-refractivity contribution in [2.75, 3.05) is 11.4 Å². The van der Waals surface area contributed by atoms with Crippen molar-refractivity contribution in [3.63, 3.8) is 0 Å². The van der Waals surface area contributed by atoms with E-state index in [1.807, 2.05) is 11.0 Å². The summed E-state index contributed by atoms with van der Waals surface area (Å²) in [7, 11) is 0. The molecule has 4 rings (SSSR count). The number of nitrogens with two attached hydrogens (primary N) is 1. The van der Waals surface area contributed by atoms with Crippen LogP contribution in [0.15, 0.2) is 54.6 Å². The summed E-state index contributed by atoms with van der Waals surface area (Å²) < 4.78 is 0. The van der Waals surface area contributed by atoms with E-state index in [-0.39, 0.29) is 12.0 Å². The van der Waals surface area contributed by atoms with E-state index in [9.17, 15) is 4.79 Å². The Morgan fingerprint density at radius 3 is 2.29 bits per heavy atom. The fraction of sp³-hybridized carbons (Fsp3) is 0.536. The molecule has 1 amide bonds. The van der Waals surface area contributed by atoms with Crippen molar-refractivity contribution in [2.24, 2.45) is 29.4 Å². The summed E-state index contributed by atoms with van der Waals surface area (Å²) in [4.78, 5) is 15.6. The number of benzene rings is 2. The molecule has 0 aliphatic heterocycles. The Bertz CT molecular complexity index is 841. The first-order chi connectivity index (χ1) is 15.1. The fourth-order valence-electron chi connectivity index (χ4n) is 5.26. The van der Waals surface area contributed by atoms with Crippen molar-refractivity contribution in [2.45, 2.75) is 64.8 Å². The van der Waals surface area contributed by atoms with Gasteiger partial charge < -0.3 is 10.6 Å². The zero-order chi connectivity index (χ0) is 21.8. The van der Waals surface area contributed by atoms with E-state index in [0.29, 0.717) is 24.3 Å². The minimum absolute atomic E-state index is 0.00497. The topological polar surface area (TPSA) is 46.3 Å². The van der Waals surface area contributed by atoms with Crippen LogP contribution in [0, 0.1) is 23.7 Å². The van der Waals surface area contributed by atoms with E-state index in [0.717, 1.165) is 24.4 Å². The van der Waals surface area contributed by atoms with Crippen LogP contribution in [0.4, 0.5) is 5.69 Å². The molecule has 2 N–H and O–H groups in total. The average Bonchev–Trinajstić information content (AvgIpc) is 3.64. The van der Waals surface area contributed by atoms with Crippen LogP contribution in [0.25, 0.3) is 11.1 Å². The quantitative estimate of drug-likeness (QED) is 0.548. The molecule has 0 saturated heterocycles. The number of hydrogen-bond donors (Lipinski definition) is 1. The zero-order valence-corrected chi connectivity index (χ0v) is 19.2. The van der Waals surface area contributed by atoms with Gasteiger partial charge in [0.05, 0.1) is 0 Å². The Hall–Kier alpha value is -2.13. The van der Waals surface area contributed by atoms with Crippen LogP contribution in [0.5, 0.6) is 0 Å². The molecule has 31 heavy (non-hydrogen) atoms. The highest BCUT2D eigenvalue weighted by molar-refractivity contribution is 5.97. The molecule has 0 spiro atoms. The summed E-state index contributed by atoms with van der Waals surface area (Å²) in [5.41, 5.74) is 9.89. The molecular formula is C28H38N2O. The second-order valence-corrected chi connectivity index (χ2v) is 9.82. The van der Waals surface area contributed by atoms with Gasteiger partial charge in [0.25, 0.3) is 0 Å². The fourth-order valence-corrected chi connectivity index (χ4v) is 5.26. The average molecular weight is 419 g/mol. The summed E-state index contributed by atoms with van der Waals surface area (Å²) in [6.07, 6.45) is 8.77. The summed E-state index contributed by atoms with van der Waals surface area (Å²) >= 11 is 0. The third-order valence-electron chi connectivity index (χ3n) is 7.73. The first-order valence-electron chi connectivity index (χ1n) is 12.3. The van der Waals surface area contributed by atoms with E-state index < -0.39 is 0 Å². The molecule has 0 radical (unpaired) electrons. The standard InChI is InChI=1S/C28H38N2O/c1-3-20(2)27(29)19-30(28(31)26-18-25(26)23-12-8-5-9-13-23)24-16-14-22(15-17-24)21-10-6-4-7-11-21/h4,6-7,10-11,14-17,20,23,25-27H,3,5,8-9,12-13,18-19,29H2,1-2H3/t20-,25-,26+,27+/m0/s1. The lowest BCUT2D eigenvalue weighted by molar-refractivity contribution is -0.120. The molecule has 2 saturated carbocycles. The number of hydrogen-bond acceptors (Lipinski definition) is 2. The molecule has 166 valence electrons. The summed E-state index contributed by atoms with van der Waals surface area (Å²) in [5, 5.41) is 0. The van der Waals surface area contributed by atoms with Crippen LogP contribution in [-0.2, 0) is 4.79 Å². The molecule has 2 aromatic rings. The second kappa shape index (κ2) is 9.99. The number of amides is 1. The minimum atomic E-state index is -0.00497. The van der Waals surface area contributed by atoms with Crippen LogP contribution in [-0.4, -0.2) is 18.5 Å². The first-order valence-corrected chi connectivity index (χ1v) is 12.3. The highest BCUT2D eigenvalue weighted by Crippen LogP contribution is 2.50. The van der Waals surface area contributed by atoms with Gasteiger partial charge in [-0.05, 0) is 47.4 Å². The Morgan fingerprint density at radius 1 is 1.00 bits per heavy atom. The van der Waals surface area contributed by atoms with Crippen molar-refractivity contribution in [3.8, 4) is 11.1 Å². The summed E-state index contributed by atoms with van der Waals surface area (Å²) in [6, 6.07) is 18.8. The number of anilines is 1. The van der Waals surface area contributed by atoms with Gasteiger partial charge in [0, 0.05) is 24.2 Å².